The van der Waals surface area contributed by atoms with E-state index in [4.69, 9.17) is 4.74 Å². The van der Waals surface area contributed by atoms with E-state index in [9.17, 15) is 0 Å². The van der Waals surface area contributed by atoms with Crippen molar-refractivity contribution in [3.05, 3.63) is 59.4 Å². The van der Waals surface area contributed by atoms with Crippen LogP contribution < -0.4 is 10.1 Å². The van der Waals surface area contributed by atoms with Gasteiger partial charge in [0.1, 0.15) is 12.4 Å². The van der Waals surface area contributed by atoms with Crippen molar-refractivity contribution in [3.63, 3.8) is 0 Å². The van der Waals surface area contributed by atoms with E-state index in [1.165, 1.54) is 11.1 Å². The first-order valence-corrected chi connectivity index (χ1v) is 6.26. The van der Waals surface area contributed by atoms with Crippen molar-refractivity contribution in [2.45, 2.75) is 19.6 Å². The number of pyridine rings is 1. The average molecular weight is 240 g/mol. The van der Waals surface area contributed by atoms with Crippen LogP contribution in [0.2, 0.25) is 0 Å². The fourth-order valence-corrected chi connectivity index (χ4v) is 2.20. The smallest absolute Gasteiger partial charge is 0.120 e. The normalized spacial score (nSPS) is 14.0. The predicted molar refractivity (Wildman–Crippen MR) is 70.4 cm³/mol. The zero-order valence-electron chi connectivity index (χ0n) is 10.2. The van der Waals surface area contributed by atoms with Gasteiger partial charge in [-0.2, -0.15) is 0 Å². The Kier molecular flexibility index (Phi) is 3.24. The van der Waals surface area contributed by atoms with Crippen LogP contribution in [0.25, 0.3) is 0 Å². The molecule has 3 rings (SSSR count). The minimum absolute atomic E-state index is 0.569. The van der Waals surface area contributed by atoms with Crippen LogP contribution in [-0.2, 0) is 19.6 Å². The number of ether oxygens (including phenoxy) is 1. The van der Waals surface area contributed by atoms with E-state index < -0.39 is 0 Å². The van der Waals surface area contributed by atoms with Gasteiger partial charge in [0, 0.05) is 24.5 Å². The number of aromatic nitrogens is 1. The summed E-state index contributed by atoms with van der Waals surface area (Å²) >= 11 is 0. The van der Waals surface area contributed by atoms with Crippen LogP contribution in [0.5, 0.6) is 5.75 Å². The quantitative estimate of drug-likeness (QED) is 0.894. The fraction of sp³-hybridized carbons (Fsp3) is 0.267. The molecule has 0 bridgehead atoms. The van der Waals surface area contributed by atoms with Gasteiger partial charge in [0.05, 0.1) is 0 Å². The first-order chi connectivity index (χ1) is 8.92. The van der Waals surface area contributed by atoms with Crippen LogP contribution in [0.15, 0.2) is 42.7 Å². The van der Waals surface area contributed by atoms with Crippen LogP contribution in [0, 0.1) is 0 Å². The van der Waals surface area contributed by atoms with E-state index in [0.717, 1.165) is 30.8 Å². The van der Waals surface area contributed by atoms with Crippen molar-refractivity contribution in [1.29, 1.82) is 0 Å². The maximum Gasteiger partial charge on any atom is 0.120 e. The summed E-state index contributed by atoms with van der Waals surface area (Å²) < 4.78 is 5.79. The van der Waals surface area contributed by atoms with E-state index in [1.807, 2.05) is 18.3 Å². The second-order valence-corrected chi connectivity index (χ2v) is 4.51. The van der Waals surface area contributed by atoms with E-state index in [0.29, 0.717) is 6.61 Å². The third-order valence-electron chi connectivity index (χ3n) is 3.19. The Balaban J connectivity index is 1.70. The summed E-state index contributed by atoms with van der Waals surface area (Å²) in [5.74, 6) is 0.932. The number of rotatable bonds is 3. The fourth-order valence-electron chi connectivity index (χ4n) is 2.20. The van der Waals surface area contributed by atoms with Crippen LogP contribution in [-0.4, -0.2) is 11.5 Å². The molecule has 0 saturated carbocycles. The van der Waals surface area contributed by atoms with Crippen LogP contribution in [0.1, 0.15) is 16.7 Å². The van der Waals surface area contributed by atoms with E-state index >= 15 is 0 Å². The van der Waals surface area contributed by atoms with Crippen LogP contribution >= 0.6 is 0 Å². The SMILES string of the molecule is c1cncc(COc2ccc3c(c2)CNCC3)c1. The van der Waals surface area contributed by atoms with Crippen molar-refractivity contribution >= 4 is 0 Å². The Labute approximate surface area is 107 Å². The van der Waals surface area contributed by atoms with Gasteiger partial charge in [0.15, 0.2) is 0 Å². The summed E-state index contributed by atoms with van der Waals surface area (Å²) in [4.78, 5) is 4.08. The molecule has 1 aliphatic heterocycles. The molecule has 0 saturated heterocycles. The van der Waals surface area contributed by atoms with Gasteiger partial charge in [-0.15, -0.1) is 0 Å². The summed E-state index contributed by atoms with van der Waals surface area (Å²) in [6, 6.07) is 10.3. The third-order valence-corrected chi connectivity index (χ3v) is 3.19. The van der Waals surface area contributed by atoms with E-state index in [-0.39, 0.29) is 0 Å². The molecular weight excluding hydrogens is 224 g/mol. The Morgan fingerprint density at radius 2 is 2.22 bits per heavy atom. The van der Waals surface area contributed by atoms with Crippen molar-refractivity contribution in [1.82, 2.24) is 10.3 Å². The molecule has 3 heteroatoms. The average Bonchev–Trinajstić information content (AvgIpc) is 2.46. The van der Waals surface area contributed by atoms with Gasteiger partial charge < -0.3 is 10.1 Å². The third kappa shape index (κ3) is 2.51. The summed E-state index contributed by atoms with van der Waals surface area (Å²) in [5, 5.41) is 3.38. The lowest BCUT2D eigenvalue weighted by atomic mass is 10.0. The molecule has 1 N–H and O–H groups in total. The minimum Gasteiger partial charge on any atom is -0.489 e. The lowest BCUT2D eigenvalue weighted by Crippen LogP contribution is -2.23. The number of benzene rings is 1. The molecule has 0 aliphatic carbocycles. The number of fused-ring (bicyclic) bond motifs is 1. The zero-order valence-corrected chi connectivity index (χ0v) is 10.2. The molecule has 1 aromatic heterocycles. The molecule has 1 aromatic carbocycles. The first kappa shape index (κ1) is 11.2. The highest BCUT2D eigenvalue weighted by atomic mass is 16.5. The van der Waals surface area contributed by atoms with Gasteiger partial charge in [-0.1, -0.05) is 12.1 Å². The molecule has 1 aliphatic rings. The molecule has 18 heavy (non-hydrogen) atoms. The van der Waals surface area contributed by atoms with Crippen LogP contribution in [0.4, 0.5) is 0 Å². The highest BCUT2D eigenvalue weighted by Crippen LogP contribution is 2.21. The molecule has 0 spiro atoms. The summed E-state index contributed by atoms with van der Waals surface area (Å²) in [6.45, 7) is 2.59. The highest BCUT2D eigenvalue weighted by molar-refractivity contribution is 5.37. The van der Waals surface area contributed by atoms with Crippen molar-refractivity contribution in [3.8, 4) is 5.75 Å². The Morgan fingerprint density at radius 1 is 1.22 bits per heavy atom. The Morgan fingerprint density at radius 3 is 3.11 bits per heavy atom. The van der Waals surface area contributed by atoms with Gasteiger partial charge in [-0.3, -0.25) is 4.98 Å². The second-order valence-electron chi connectivity index (χ2n) is 4.51. The first-order valence-electron chi connectivity index (χ1n) is 6.26. The van der Waals surface area contributed by atoms with Crippen molar-refractivity contribution in [2.75, 3.05) is 6.54 Å². The Bertz CT molecular complexity index is 525. The van der Waals surface area contributed by atoms with Gasteiger partial charge >= 0.3 is 0 Å². The maximum absolute atomic E-state index is 5.79. The molecule has 3 nitrogen and oxygen atoms in total. The van der Waals surface area contributed by atoms with E-state index in [1.54, 1.807) is 6.20 Å². The molecule has 0 fully saturated rings. The minimum atomic E-state index is 0.569. The van der Waals surface area contributed by atoms with Crippen molar-refractivity contribution in [2.24, 2.45) is 0 Å². The molecule has 92 valence electrons. The molecule has 0 amide bonds. The molecule has 2 aromatic rings. The maximum atomic E-state index is 5.79. The Hall–Kier alpha value is -1.87. The standard InChI is InChI=1S/C15H16N2O/c1-2-12(9-16-6-1)11-18-15-4-3-13-5-7-17-10-14(13)8-15/h1-4,6,8-9,17H,5,7,10-11H2. The topological polar surface area (TPSA) is 34.1 Å². The number of hydrogen-bond acceptors (Lipinski definition) is 3. The molecule has 0 unspecified atom stereocenters. The van der Waals surface area contributed by atoms with Gasteiger partial charge in [-0.05, 0) is 42.3 Å². The van der Waals surface area contributed by atoms with Gasteiger partial charge in [-0.25, -0.2) is 0 Å². The monoisotopic (exact) mass is 240 g/mol. The summed E-state index contributed by atoms with van der Waals surface area (Å²) in [7, 11) is 0. The lowest BCUT2D eigenvalue weighted by Gasteiger charge is -2.18. The molecule has 2 heterocycles. The largest absolute Gasteiger partial charge is 0.489 e. The number of nitrogens with one attached hydrogen (secondary N) is 1. The summed E-state index contributed by atoms with van der Waals surface area (Å²) in [6.07, 6.45) is 4.71. The highest BCUT2D eigenvalue weighted by Gasteiger charge is 2.09. The predicted octanol–water partition coefficient (Wildman–Crippen LogP) is 2.31. The van der Waals surface area contributed by atoms with Crippen LogP contribution in [0.3, 0.4) is 0 Å². The number of nitrogens with zero attached hydrogens (tertiary/aromatic N) is 1. The lowest BCUT2D eigenvalue weighted by molar-refractivity contribution is 0.305. The van der Waals surface area contributed by atoms with E-state index in [2.05, 4.69) is 28.5 Å². The number of hydrogen-bond donors (Lipinski definition) is 1. The van der Waals surface area contributed by atoms with Crippen molar-refractivity contribution < 1.29 is 4.74 Å². The zero-order chi connectivity index (χ0) is 12.2. The summed E-state index contributed by atoms with van der Waals surface area (Å²) in [5.41, 5.74) is 3.88. The molecular formula is C15H16N2O. The second kappa shape index (κ2) is 5.19. The van der Waals surface area contributed by atoms with Gasteiger partial charge in [0.25, 0.3) is 0 Å². The molecule has 0 atom stereocenters. The molecule has 0 radical (unpaired) electrons. The van der Waals surface area contributed by atoms with Gasteiger partial charge in [0.2, 0.25) is 0 Å².